The van der Waals surface area contributed by atoms with E-state index < -0.39 is 5.97 Å². The van der Waals surface area contributed by atoms with Crippen LogP contribution in [-0.2, 0) is 9.53 Å². The highest BCUT2D eigenvalue weighted by molar-refractivity contribution is 6.51. The van der Waals surface area contributed by atoms with Gasteiger partial charge in [-0.1, -0.05) is 48.0 Å². The third kappa shape index (κ3) is 2.39. The Bertz CT molecular complexity index is 629. The molecule has 0 heterocycles. The number of aryl methyl sites for hydroxylation is 1. The largest absolute Gasteiger partial charge is 0.466 e. The molecule has 2 aromatic carbocycles. The molecule has 0 saturated heterocycles. The number of ether oxygens (including phenoxy) is 1. The molecule has 0 radical (unpaired) electrons. The van der Waals surface area contributed by atoms with Crippen molar-refractivity contribution in [3.05, 3.63) is 53.6 Å². The van der Waals surface area contributed by atoms with Gasteiger partial charge in [0.1, 0.15) is 0 Å². The molecule has 18 heavy (non-hydrogen) atoms. The van der Waals surface area contributed by atoms with E-state index in [0.717, 1.165) is 21.9 Å². The Balaban J connectivity index is 2.66. The van der Waals surface area contributed by atoms with Gasteiger partial charge in [0, 0.05) is 11.6 Å². The van der Waals surface area contributed by atoms with Gasteiger partial charge in [-0.25, -0.2) is 4.79 Å². The van der Waals surface area contributed by atoms with E-state index in [1.807, 2.05) is 43.3 Å². The molecule has 0 amide bonds. The molecule has 0 aliphatic carbocycles. The zero-order valence-electron chi connectivity index (χ0n) is 10.2. The minimum atomic E-state index is -0.452. The van der Waals surface area contributed by atoms with Crippen LogP contribution in [0, 0.1) is 6.92 Å². The summed E-state index contributed by atoms with van der Waals surface area (Å²) >= 11 is 6.22. The van der Waals surface area contributed by atoms with Crippen LogP contribution in [0.2, 0.25) is 0 Å². The summed E-state index contributed by atoms with van der Waals surface area (Å²) in [5.41, 5.74) is 1.90. The fraction of sp³-hybridized carbons (Fsp3) is 0.133. The van der Waals surface area contributed by atoms with Crippen LogP contribution < -0.4 is 0 Å². The smallest absolute Gasteiger partial charge is 0.331 e. The van der Waals surface area contributed by atoms with Gasteiger partial charge in [-0.3, -0.25) is 0 Å². The van der Waals surface area contributed by atoms with E-state index in [4.69, 9.17) is 11.6 Å². The predicted molar refractivity (Wildman–Crippen MR) is 74.5 cm³/mol. The number of hydrogen-bond donors (Lipinski definition) is 0. The van der Waals surface area contributed by atoms with Crippen molar-refractivity contribution in [2.45, 2.75) is 6.92 Å². The van der Waals surface area contributed by atoms with Crippen LogP contribution in [0.15, 0.2) is 42.5 Å². The third-order valence-electron chi connectivity index (χ3n) is 2.82. The van der Waals surface area contributed by atoms with Crippen molar-refractivity contribution in [2.75, 3.05) is 7.11 Å². The molecule has 0 N–H and O–H groups in total. The number of methoxy groups -OCH3 is 1. The van der Waals surface area contributed by atoms with E-state index >= 15 is 0 Å². The van der Waals surface area contributed by atoms with Gasteiger partial charge < -0.3 is 4.74 Å². The molecular formula is C15H13ClO2. The Hall–Kier alpha value is -1.80. The summed E-state index contributed by atoms with van der Waals surface area (Å²) in [6.07, 6.45) is 1.30. The number of carbonyl (C=O) groups is 1. The summed E-state index contributed by atoms with van der Waals surface area (Å²) in [6, 6.07) is 12.0. The molecule has 2 rings (SSSR count). The highest BCUT2D eigenvalue weighted by Gasteiger charge is 2.09. The van der Waals surface area contributed by atoms with Crippen LogP contribution in [0.5, 0.6) is 0 Å². The average Bonchev–Trinajstić information content (AvgIpc) is 2.38. The second-order valence-electron chi connectivity index (χ2n) is 3.99. The Morgan fingerprint density at radius 2 is 1.94 bits per heavy atom. The minimum Gasteiger partial charge on any atom is -0.466 e. The summed E-state index contributed by atoms with van der Waals surface area (Å²) in [4.78, 5) is 11.3. The van der Waals surface area contributed by atoms with Gasteiger partial charge in [-0.2, -0.15) is 0 Å². The van der Waals surface area contributed by atoms with Crippen molar-refractivity contribution >= 4 is 33.4 Å². The number of benzene rings is 2. The molecule has 0 unspecified atom stereocenters. The van der Waals surface area contributed by atoms with E-state index in [-0.39, 0.29) is 0 Å². The highest BCUT2D eigenvalue weighted by atomic mass is 35.5. The second-order valence-corrected chi connectivity index (χ2v) is 4.40. The fourth-order valence-electron chi connectivity index (χ4n) is 1.93. The highest BCUT2D eigenvalue weighted by Crippen LogP contribution is 2.30. The normalized spacial score (nSPS) is 11.6. The molecule has 0 spiro atoms. The molecule has 0 fully saturated rings. The molecule has 2 aromatic rings. The first kappa shape index (κ1) is 12.7. The number of halogens is 1. The first-order valence-corrected chi connectivity index (χ1v) is 5.95. The fourth-order valence-corrected chi connectivity index (χ4v) is 2.27. The van der Waals surface area contributed by atoms with Gasteiger partial charge in [0.15, 0.2) is 0 Å². The van der Waals surface area contributed by atoms with E-state index in [2.05, 4.69) is 4.74 Å². The number of carbonyl (C=O) groups excluding carboxylic acids is 1. The summed E-state index contributed by atoms with van der Waals surface area (Å²) in [6.45, 7) is 1.97. The van der Waals surface area contributed by atoms with Gasteiger partial charge in [0.2, 0.25) is 0 Å². The van der Waals surface area contributed by atoms with Crippen LogP contribution in [0.4, 0.5) is 0 Å². The topological polar surface area (TPSA) is 26.3 Å². The van der Waals surface area contributed by atoms with Gasteiger partial charge in [0.25, 0.3) is 0 Å². The molecule has 0 aliphatic rings. The van der Waals surface area contributed by atoms with Crippen molar-refractivity contribution in [1.29, 1.82) is 0 Å². The summed E-state index contributed by atoms with van der Waals surface area (Å²) < 4.78 is 4.59. The maximum absolute atomic E-state index is 11.3. The average molecular weight is 261 g/mol. The lowest BCUT2D eigenvalue weighted by molar-refractivity contribution is -0.134. The zero-order valence-corrected chi connectivity index (χ0v) is 11.0. The summed E-state index contributed by atoms with van der Waals surface area (Å²) in [5.74, 6) is -0.452. The van der Waals surface area contributed by atoms with Crippen LogP contribution in [-0.4, -0.2) is 13.1 Å². The number of esters is 1. The number of hydrogen-bond acceptors (Lipinski definition) is 2. The number of fused-ring (bicyclic) bond motifs is 1. The molecule has 0 bridgehead atoms. The van der Waals surface area contributed by atoms with Gasteiger partial charge >= 0.3 is 5.97 Å². The Morgan fingerprint density at radius 1 is 1.22 bits per heavy atom. The predicted octanol–water partition coefficient (Wildman–Crippen LogP) is 3.90. The summed E-state index contributed by atoms with van der Waals surface area (Å²) in [7, 11) is 1.33. The van der Waals surface area contributed by atoms with E-state index in [1.165, 1.54) is 13.2 Å². The van der Waals surface area contributed by atoms with Gasteiger partial charge in [-0.15, -0.1) is 0 Å². The van der Waals surface area contributed by atoms with Crippen molar-refractivity contribution in [1.82, 2.24) is 0 Å². The SMILES string of the molecule is COC(=O)/C=C(/Cl)c1c(C)ccc2ccccc12. The third-order valence-corrected chi connectivity index (χ3v) is 3.12. The Kier molecular flexibility index (Phi) is 3.68. The first-order chi connectivity index (χ1) is 8.63. The first-order valence-electron chi connectivity index (χ1n) is 5.57. The molecule has 0 saturated carbocycles. The van der Waals surface area contributed by atoms with Gasteiger partial charge in [-0.05, 0) is 23.3 Å². The lowest BCUT2D eigenvalue weighted by Crippen LogP contribution is -1.96. The van der Waals surface area contributed by atoms with Gasteiger partial charge in [0.05, 0.1) is 12.1 Å². The van der Waals surface area contributed by atoms with Crippen LogP contribution in [0.3, 0.4) is 0 Å². The molecule has 3 heteroatoms. The molecule has 92 valence electrons. The molecule has 0 aromatic heterocycles. The second kappa shape index (κ2) is 5.23. The van der Waals surface area contributed by atoms with Crippen LogP contribution in [0.25, 0.3) is 15.8 Å². The standard InChI is InChI=1S/C15H13ClO2/c1-10-7-8-11-5-3-4-6-12(11)15(10)13(16)9-14(17)18-2/h3-9H,1-2H3/b13-9+. The van der Waals surface area contributed by atoms with Crippen molar-refractivity contribution in [3.63, 3.8) is 0 Å². The molecule has 0 atom stereocenters. The van der Waals surface area contributed by atoms with Crippen molar-refractivity contribution in [3.8, 4) is 0 Å². The van der Waals surface area contributed by atoms with Crippen LogP contribution in [0.1, 0.15) is 11.1 Å². The van der Waals surface area contributed by atoms with Crippen molar-refractivity contribution in [2.24, 2.45) is 0 Å². The molecular weight excluding hydrogens is 248 g/mol. The quantitative estimate of drug-likeness (QED) is 0.605. The van der Waals surface area contributed by atoms with E-state index in [1.54, 1.807) is 0 Å². The van der Waals surface area contributed by atoms with E-state index in [0.29, 0.717) is 5.03 Å². The molecule has 2 nitrogen and oxygen atoms in total. The number of rotatable bonds is 2. The lowest BCUT2D eigenvalue weighted by Gasteiger charge is -2.09. The van der Waals surface area contributed by atoms with Crippen molar-refractivity contribution < 1.29 is 9.53 Å². The maximum atomic E-state index is 11.3. The lowest BCUT2D eigenvalue weighted by atomic mass is 9.99. The Labute approximate surface area is 111 Å². The minimum absolute atomic E-state index is 0.399. The maximum Gasteiger partial charge on any atom is 0.331 e. The summed E-state index contributed by atoms with van der Waals surface area (Å²) in [5, 5.41) is 2.52. The van der Waals surface area contributed by atoms with Crippen LogP contribution >= 0.6 is 11.6 Å². The molecule has 0 aliphatic heterocycles. The van der Waals surface area contributed by atoms with E-state index in [9.17, 15) is 4.79 Å². The monoisotopic (exact) mass is 260 g/mol. The Morgan fingerprint density at radius 3 is 2.67 bits per heavy atom. The zero-order chi connectivity index (χ0) is 13.1.